The number of amides is 2. The molecule has 0 aliphatic rings. The van der Waals surface area contributed by atoms with Crippen LogP contribution in [-0.2, 0) is 9.59 Å². The molecule has 7 nitrogen and oxygen atoms in total. The predicted molar refractivity (Wildman–Crippen MR) is 127 cm³/mol. The number of nitrogens with zero attached hydrogens (tertiary/aromatic N) is 2. The minimum atomic E-state index is -0.360. The fourth-order valence-corrected chi connectivity index (χ4v) is 3.25. The Bertz CT molecular complexity index is 1130. The van der Waals surface area contributed by atoms with E-state index in [1.807, 2.05) is 0 Å². The van der Waals surface area contributed by atoms with Gasteiger partial charge < -0.3 is 20.3 Å². The number of carbonyl (C=O) groups excluding carboxylic acids is 2. The van der Waals surface area contributed by atoms with Gasteiger partial charge >= 0.3 is 0 Å². The van der Waals surface area contributed by atoms with Crippen molar-refractivity contribution in [3.8, 4) is 11.6 Å². The normalized spacial score (nSPS) is 10.4. The maximum atomic E-state index is 12.5. The first kappa shape index (κ1) is 23.7. The lowest BCUT2D eigenvalue weighted by Crippen LogP contribution is -2.38. The first-order valence-corrected chi connectivity index (χ1v) is 10.6. The summed E-state index contributed by atoms with van der Waals surface area (Å²) in [4.78, 5) is 30.1. The van der Waals surface area contributed by atoms with E-state index in [0.717, 1.165) is 0 Å². The van der Waals surface area contributed by atoms with E-state index in [4.69, 9.17) is 39.5 Å². The fourth-order valence-electron chi connectivity index (χ4n) is 2.64. The van der Waals surface area contributed by atoms with Crippen LogP contribution in [-0.4, -0.2) is 41.8 Å². The van der Waals surface area contributed by atoms with Crippen molar-refractivity contribution in [1.29, 1.82) is 0 Å². The van der Waals surface area contributed by atoms with Crippen LogP contribution in [0.2, 0.25) is 15.1 Å². The molecule has 0 atom stereocenters. The summed E-state index contributed by atoms with van der Waals surface area (Å²) in [5.41, 5.74) is 1.04. The van der Waals surface area contributed by atoms with Gasteiger partial charge in [0.1, 0.15) is 5.02 Å². The number of para-hydroxylation sites is 3. The van der Waals surface area contributed by atoms with E-state index in [9.17, 15) is 9.59 Å². The average Bonchev–Trinajstić information content (AvgIpc) is 2.76. The van der Waals surface area contributed by atoms with Crippen LogP contribution < -0.4 is 15.4 Å². The summed E-state index contributed by atoms with van der Waals surface area (Å²) < 4.78 is 5.76. The molecule has 1 aromatic heterocycles. The average molecular weight is 494 g/mol. The third-order valence-corrected chi connectivity index (χ3v) is 5.06. The topological polar surface area (TPSA) is 83.6 Å². The highest BCUT2D eigenvalue weighted by Gasteiger charge is 2.15. The van der Waals surface area contributed by atoms with E-state index >= 15 is 0 Å². The number of nitrogens with one attached hydrogen (secondary N) is 2. The summed E-state index contributed by atoms with van der Waals surface area (Å²) in [5.74, 6) is -0.0426. The SMILES string of the molecule is CN(CC(=O)Nc1ccccc1Cl)C(=O)CNc1ccccc1Oc1ncc(Cl)cc1Cl. The third-order valence-electron chi connectivity index (χ3n) is 4.25. The smallest absolute Gasteiger partial charge is 0.244 e. The van der Waals surface area contributed by atoms with Crippen molar-refractivity contribution in [2.45, 2.75) is 0 Å². The number of aromatic nitrogens is 1. The molecule has 32 heavy (non-hydrogen) atoms. The quantitative estimate of drug-likeness (QED) is 0.442. The van der Waals surface area contributed by atoms with Gasteiger partial charge in [-0.15, -0.1) is 0 Å². The van der Waals surface area contributed by atoms with Gasteiger partial charge in [0.15, 0.2) is 5.75 Å². The fraction of sp³-hybridized carbons (Fsp3) is 0.136. The van der Waals surface area contributed by atoms with Gasteiger partial charge in [-0.25, -0.2) is 4.98 Å². The summed E-state index contributed by atoms with van der Waals surface area (Å²) in [5, 5.41) is 6.76. The van der Waals surface area contributed by atoms with Gasteiger partial charge in [-0.3, -0.25) is 9.59 Å². The Kier molecular flexibility index (Phi) is 8.16. The number of carbonyl (C=O) groups is 2. The van der Waals surface area contributed by atoms with Gasteiger partial charge in [0, 0.05) is 13.2 Å². The summed E-state index contributed by atoms with van der Waals surface area (Å²) in [7, 11) is 1.54. The molecule has 0 bridgehead atoms. The Balaban J connectivity index is 1.57. The van der Waals surface area contributed by atoms with Crippen LogP contribution in [0.1, 0.15) is 0 Å². The highest BCUT2D eigenvalue weighted by molar-refractivity contribution is 6.35. The molecule has 2 N–H and O–H groups in total. The third kappa shape index (κ3) is 6.50. The highest BCUT2D eigenvalue weighted by atomic mass is 35.5. The Morgan fingerprint density at radius 2 is 1.69 bits per heavy atom. The van der Waals surface area contributed by atoms with Gasteiger partial charge in [0.25, 0.3) is 0 Å². The number of anilines is 2. The van der Waals surface area contributed by atoms with Crippen molar-refractivity contribution in [1.82, 2.24) is 9.88 Å². The second-order valence-corrected chi connectivity index (χ2v) is 7.92. The summed E-state index contributed by atoms with van der Waals surface area (Å²) >= 11 is 18.0. The van der Waals surface area contributed by atoms with Crippen LogP contribution in [0.4, 0.5) is 11.4 Å². The molecule has 0 aliphatic heterocycles. The van der Waals surface area contributed by atoms with Gasteiger partial charge in [0.05, 0.1) is 34.5 Å². The number of benzene rings is 2. The summed E-state index contributed by atoms with van der Waals surface area (Å²) in [6.07, 6.45) is 1.42. The second kappa shape index (κ2) is 11.0. The van der Waals surface area contributed by atoms with Crippen molar-refractivity contribution in [3.63, 3.8) is 0 Å². The van der Waals surface area contributed by atoms with Crippen molar-refractivity contribution < 1.29 is 14.3 Å². The Labute approximate surface area is 200 Å². The standard InChI is InChI=1S/C22H19Cl3N4O3/c1-29(13-20(30)28-17-7-3-2-6-15(17)24)21(31)12-26-18-8-4-5-9-19(18)32-22-16(25)10-14(23)11-27-22/h2-11,26H,12-13H2,1H3,(H,28,30). The molecule has 0 fully saturated rings. The molecule has 2 aromatic carbocycles. The number of likely N-dealkylation sites (N-methyl/N-ethyl adjacent to an activating group) is 1. The number of rotatable bonds is 8. The molecule has 1 heterocycles. The van der Waals surface area contributed by atoms with Gasteiger partial charge in [-0.05, 0) is 30.3 Å². The number of hydrogen-bond acceptors (Lipinski definition) is 5. The summed E-state index contributed by atoms with van der Waals surface area (Å²) in [6, 6.07) is 15.4. The Morgan fingerprint density at radius 3 is 2.41 bits per heavy atom. The lowest BCUT2D eigenvalue weighted by atomic mass is 10.3. The second-order valence-electron chi connectivity index (χ2n) is 6.67. The monoisotopic (exact) mass is 492 g/mol. The molecule has 3 aromatic rings. The van der Waals surface area contributed by atoms with E-state index in [1.165, 1.54) is 24.2 Å². The zero-order valence-corrected chi connectivity index (χ0v) is 19.2. The van der Waals surface area contributed by atoms with Crippen LogP contribution in [0.3, 0.4) is 0 Å². The zero-order chi connectivity index (χ0) is 23.1. The van der Waals surface area contributed by atoms with Gasteiger partial charge in [-0.2, -0.15) is 0 Å². The molecule has 0 saturated carbocycles. The molecule has 0 spiro atoms. The molecular formula is C22H19Cl3N4O3. The lowest BCUT2D eigenvalue weighted by Gasteiger charge is -2.18. The first-order valence-electron chi connectivity index (χ1n) is 9.43. The lowest BCUT2D eigenvalue weighted by molar-refractivity contribution is -0.131. The molecule has 0 saturated heterocycles. The van der Waals surface area contributed by atoms with Crippen molar-refractivity contribution >= 4 is 58.0 Å². The Morgan fingerprint density at radius 1 is 1.00 bits per heavy atom. The van der Waals surface area contributed by atoms with E-state index in [2.05, 4.69) is 15.6 Å². The maximum Gasteiger partial charge on any atom is 0.244 e. The molecule has 10 heteroatoms. The zero-order valence-electron chi connectivity index (χ0n) is 16.9. The van der Waals surface area contributed by atoms with E-state index in [1.54, 1.807) is 48.5 Å². The van der Waals surface area contributed by atoms with Crippen LogP contribution in [0.5, 0.6) is 11.6 Å². The van der Waals surface area contributed by atoms with Crippen LogP contribution in [0, 0.1) is 0 Å². The maximum absolute atomic E-state index is 12.5. The van der Waals surface area contributed by atoms with Crippen LogP contribution in [0.25, 0.3) is 0 Å². The Hall–Kier alpha value is -3.00. The van der Waals surface area contributed by atoms with E-state index in [0.29, 0.717) is 27.2 Å². The largest absolute Gasteiger partial charge is 0.435 e. The number of halogens is 3. The molecule has 0 aliphatic carbocycles. The minimum Gasteiger partial charge on any atom is -0.435 e. The molecular weight excluding hydrogens is 475 g/mol. The van der Waals surface area contributed by atoms with Crippen molar-refractivity contribution in [2.24, 2.45) is 0 Å². The number of hydrogen-bond donors (Lipinski definition) is 2. The van der Waals surface area contributed by atoms with Gasteiger partial charge in [-0.1, -0.05) is 59.1 Å². The van der Waals surface area contributed by atoms with Crippen molar-refractivity contribution in [2.75, 3.05) is 30.8 Å². The van der Waals surface area contributed by atoms with E-state index < -0.39 is 0 Å². The summed E-state index contributed by atoms with van der Waals surface area (Å²) in [6.45, 7) is -0.188. The first-order chi connectivity index (χ1) is 15.3. The highest BCUT2D eigenvalue weighted by Crippen LogP contribution is 2.33. The molecule has 2 amide bonds. The van der Waals surface area contributed by atoms with E-state index in [-0.39, 0.29) is 35.8 Å². The number of pyridine rings is 1. The number of ether oxygens (including phenoxy) is 1. The predicted octanol–water partition coefficient (Wildman–Crippen LogP) is 5.34. The van der Waals surface area contributed by atoms with Crippen LogP contribution >= 0.6 is 34.8 Å². The van der Waals surface area contributed by atoms with Gasteiger partial charge in [0.2, 0.25) is 17.7 Å². The minimum absolute atomic E-state index is 0.0575. The van der Waals surface area contributed by atoms with Crippen molar-refractivity contribution in [3.05, 3.63) is 75.9 Å². The molecule has 166 valence electrons. The van der Waals surface area contributed by atoms with Crippen LogP contribution in [0.15, 0.2) is 60.8 Å². The molecule has 3 rings (SSSR count). The molecule has 0 radical (unpaired) electrons. The molecule has 0 unspecified atom stereocenters.